The molecule has 0 fully saturated rings. The first-order valence-electron chi connectivity index (χ1n) is 6.64. The lowest BCUT2D eigenvalue weighted by Gasteiger charge is -2.09. The van der Waals surface area contributed by atoms with Crippen LogP contribution in [0.25, 0.3) is 11.4 Å². The van der Waals surface area contributed by atoms with Crippen LogP contribution in [0.15, 0.2) is 12.1 Å². The standard InChI is InChI=1S/C14H16F2N4O/c1-4-17-13-18-12(19-14(20-13)21-5-2)9-7-6-8(3)10(15)11(9)16/h6-7H,4-5H2,1-3H3,(H,17,18,19,20). The zero-order valence-electron chi connectivity index (χ0n) is 12.1. The van der Waals surface area contributed by atoms with Gasteiger partial charge in [-0.3, -0.25) is 0 Å². The predicted molar refractivity (Wildman–Crippen MR) is 75.2 cm³/mol. The van der Waals surface area contributed by atoms with E-state index in [0.717, 1.165) is 0 Å². The van der Waals surface area contributed by atoms with Gasteiger partial charge in [-0.25, -0.2) is 8.78 Å². The highest BCUT2D eigenvalue weighted by Gasteiger charge is 2.17. The molecule has 2 rings (SSSR count). The van der Waals surface area contributed by atoms with Gasteiger partial charge >= 0.3 is 6.01 Å². The lowest BCUT2D eigenvalue weighted by atomic mass is 10.1. The molecule has 1 aromatic carbocycles. The van der Waals surface area contributed by atoms with Crippen LogP contribution in [0.2, 0.25) is 0 Å². The molecule has 1 N–H and O–H groups in total. The third kappa shape index (κ3) is 3.24. The van der Waals surface area contributed by atoms with Crippen LogP contribution in [-0.4, -0.2) is 28.1 Å². The van der Waals surface area contributed by atoms with Gasteiger partial charge in [-0.2, -0.15) is 15.0 Å². The molecule has 0 aliphatic carbocycles. The van der Waals surface area contributed by atoms with Crippen molar-refractivity contribution in [2.75, 3.05) is 18.5 Å². The Labute approximate surface area is 121 Å². The maximum atomic E-state index is 14.0. The van der Waals surface area contributed by atoms with Crippen molar-refractivity contribution in [1.29, 1.82) is 0 Å². The van der Waals surface area contributed by atoms with Crippen LogP contribution in [-0.2, 0) is 0 Å². The zero-order valence-corrected chi connectivity index (χ0v) is 12.1. The van der Waals surface area contributed by atoms with Gasteiger partial charge in [0, 0.05) is 6.54 Å². The van der Waals surface area contributed by atoms with Gasteiger partial charge in [0.15, 0.2) is 17.5 Å². The van der Waals surface area contributed by atoms with E-state index in [0.29, 0.717) is 13.2 Å². The summed E-state index contributed by atoms with van der Waals surface area (Å²) in [5.74, 6) is -1.60. The van der Waals surface area contributed by atoms with Gasteiger partial charge in [0.1, 0.15) is 0 Å². The molecule has 0 radical (unpaired) electrons. The second-order valence-electron chi connectivity index (χ2n) is 4.29. The van der Waals surface area contributed by atoms with E-state index >= 15 is 0 Å². The van der Waals surface area contributed by atoms with E-state index in [1.54, 1.807) is 6.92 Å². The monoisotopic (exact) mass is 294 g/mol. The number of aryl methyl sites for hydroxylation is 1. The predicted octanol–water partition coefficient (Wildman–Crippen LogP) is 2.96. The number of nitrogens with zero attached hydrogens (tertiary/aromatic N) is 3. The minimum atomic E-state index is -0.980. The Balaban J connectivity index is 2.54. The van der Waals surface area contributed by atoms with Gasteiger partial charge in [0.2, 0.25) is 5.95 Å². The Bertz CT molecular complexity index is 625. The highest BCUT2D eigenvalue weighted by atomic mass is 19.2. The second kappa shape index (κ2) is 6.43. The Morgan fingerprint density at radius 1 is 1.10 bits per heavy atom. The number of benzene rings is 1. The first-order chi connectivity index (χ1) is 10.1. The lowest BCUT2D eigenvalue weighted by molar-refractivity contribution is 0.312. The summed E-state index contributed by atoms with van der Waals surface area (Å²) in [7, 11) is 0. The molecule has 5 nitrogen and oxygen atoms in total. The number of nitrogens with one attached hydrogen (secondary N) is 1. The molecule has 0 saturated carbocycles. The van der Waals surface area contributed by atoms with Crippen molar-refractivity contribution < 1.29 is 13.5 Å². The van der Waals surface area contributed by atoms with Gasteiger partial charge in [0.05, 0.1) is 12.2 Å². The van der Waals surface area contributed by atoms with Crippen molar-refractivity contribution in [3.63, 3.8) is 0 Å². The van der Waals surface area contributed by atoms with E-state index in [1.165, 1.54) is 19.1 Å². The molecule has 112 valence electrons. The minimum absolute atomic E-state index is 0.0272. The Morgan fingerprint density at radius 3 is 2.52 bits per heavy atom. The minimum Gasteiger partial charge on any atom is -0.464 e. The van der Waals surface area contributed by atoms with Crippen molar-refractivity contribution >= 4 is 5.95 Å². The van der Waals surface area contributed by atoms with E-state index in [2.05, 4.69) is 20.3 Å². The highest BCUT2D eigenvalue weighted by molar-refractivity contribution is 5.58. The summed E-state index contributed by atoms with van der Waals surface area (Å²) in [5, 5.41) is 2.90. The number of hydrogen-bond acceptors (Lipinski definition) is 5. The van der Waals surface area contributed by atoms with E-state index in [-0.39, 0.29) is 28.9 Å². The third-order valence-corrected chi connectivity index (χ3v) is 2.74. The van der Waals surface area contributed by atoms with Crippen LogP contribution in [0.3, 0.4) is 0 Å². The molecule has 0 aliphatic rings. The average molecular weight is 294 g/mol. The fourth-order valence-electron chi connectivity index (χ4n) is 1.73. The highest BCUT2D eigenvalue weighted by Crippen LogP contribution is 2.25. The van der Waals surface area contributed by atoms with Crippen molar-refractivity contribution in [3.8, 4) is 17.4 Å². The Kier molecular flexibility index (Phi) is 4.62. The first-order valence-corrected chi connectivity index (χ1v) is 6.64. The van der Waals surface area contributed by atoms with Crippen LogP contribution in [0, 0.1) is 18.6 Å². The molecular formula is C14H16F2N4O. The summed E-state index contributed by atoms with van der Waals surface area (Å²) in [4.78, 5) is 12.1. The molecule has 0 aliphatic heterocycles. The molecule has 0 unspecified atom stereocenters. The van der Waals surface area contributed by atoms with E-state index in [9.17, 15) is 8.78 Å². The Morgan fingerprint density at radius 2 is 1.86 bits per heavy atom. The van der Waals surface area contributed by atoms with E-state index in [4.69, 9.17) is 4.74 Å². The molecule has 1 heterocycles. The molecule has 7 heteroatoms. The zero-order chi connectivity index (χ0) is 15.4. The summed E-state index contributed by atoms with van der Waals surface area (Å²) >= 11 is 0. The fraction of sp³-hybridized carbons (Fsp3) is 0.357. The summed E-state index contributed by atoms with van der Waals surface area (Å²) in [6.07, 6.45) is 0. The summed E-state index contributed by atoms with van der Waals surface area (Å²) in [6, 6.07) is 2.98. The number of aromatic nitrogens is 3. The maximum Gasteiger partial charge on any atom is 0.321 e. The molecule has 0 spiro atoms. The largest absolute Gasteiger partial charge is 0.464 e. The van der Waals surface area contributed by atoms with Crippen LogP contribution >= 0.6 is 0 Å². The van der Waals surface area contributed by atoms with Crippen molar-refractivity contribution in [2.24, 2.45) is 0 Å². The number of halogens is 2. The van der Waals surface area contributed by atoms with Gasteiger partial charge in [-0.1, -0.05) is 6.07 Å². The van der Waals surface area contributed by atoms with Gasteiger partial charge in [-0.15, -0.1) is 0 Å². The lowest BCUT2D eigenvalue weighted by Crippen LogP contribution is -2.08. The van der Waals surface area contributed by atoms with E-state index < -0.39 is 11.6 Å². The first kappa shape index (κ1) is 15.1. The molecule has 0 amide bonds. The molecular weight excluding hydrogens is 278 g/mol. The van der Waals surface area contributed by atoms with Crippen LogP contribution in [0.1, 0.15) is 19.4 Å². The fourth-order valence-corrected chi connectivity index (χ4v) is 1.73. The normalized spacial score (nSPS) is 10.5. The maximum absolute atomic E-state index is 14.0. The molecule has 1 aromatic heterocycles. The number of anilines is 1. The third-order valence-electron chi connectivity index (χ3n) is 2.74. The van der Waals surface area contributed by atoms with Gasteiger partial charge in [-0.05, 0) is 32.4 Å². The molecule has 0 bridgehead atoms. The molecule has 2 aromatic rings. The van der Waals surface area contributed by atoms with Crippen molar-refractivity contribution in [3.05, 3.63) is 29.3 Å². The molecule has 21 heavy (non-hydrogen) atoms. The summed E-state index contributed by atoms with van der Waals surface area (Å²) < 4.78 is 33.0. The van der Waals surface area contributed by atoms with Crippen LogP contribution in [0.4, 0.5) is 14.7 Å². The Hall–Kier alpha value is -2.31. The van der Waals surface area contributed by atoms with Crippen LogP contribution < -0.4 is 10.1 Å². The molecule has 0 saturated heterocycles. The van der Waals surface area contributed by atoms with Gasteiger partial charge in [0.25, 0.3) is 0 Å². The van der Waals surface area contributed by atoms with Crippen LogP contribution in [0.5, 0.6) is 6.01 Å². The second-order valence-corrected chi connectivity index (χ2v) is 4.29. The quantitative estimate of drug-likeness (QED) is 0.918. The molecule has 0 atom stereocenters. The van der Waals surface area contributed by atoms with Crippen molar-refractivity contribution in [2.45, 2.75) is 20.8 Å². The number of ether oxygens (including phenoxy) is 1. The SMILES string of the molecule is CCNc1nc(OCC)nc(-c2ccc(C)c(F)c2F)n1. The topological polar surface area (TPSA) is 59.9 Å². The van der Waals surface area contributed by atoms with Crippen molar-refractivity contribution in [1.82, 2.24) is 15.0 Å². The van der Waals surface area contributed by atoms with E-state index in [1.807, 2.05) is 6.92 Å². The average Bonchev–Trinajstić information content (AvgIpc) is 2.45. The number of rotatable bonds is 5. The number of hydrogen-bond donors (Lipinski definition) is 1. The smallest absolute Gasteiger partial charge is 0.321 e. The van der Waals surface area contributed by atoms with Gasteiger partial charge < -0.3 is 10.1 Å². The summed E-state index contributed by atoms with van der Waals surface area (Å²) in [5.41, 5.74) is 0.197. The summed E-state index contributed by atoms with van der Waals surface area (Å²) in [6.45, 7) is 6.09.